The molecule has 1 unspecified atom stereocenters. The summed E-state index contributed by atoms with van der Waals surface area (Å²) in [5.74, 6) is -1.25. The first kappa shape index (κ1) is 19.9. The molecule has 3 aromatic carbocycles. The van der Waals surface area contributed by atoms with E-state index in [4.69, 9.17) is 4.42 Å². The van der Waals surface area contributed by atoms with Crippen molar-refractivity contribution in [2.75, 3.05) is 4.90 Å². The lowest BCUT2D eigenvalue weighted by Gasteiger charge is -2.22. The zero-order valence-electron chi connectivity index (χ0n) is 17.0. The molecule has 1 aliphatic rings. The molecule has 1 aromatic heterocycles. The normalized spacial score (nSPS) is 17.5. The highest BCUT2D eigenvalue weighted by Gasteiger charge is 2.51. The summed E-state index contributed by atoms with van der Waals surface area (Å²) in [6.07, 6.45) is -0.558. The van der Waals surface area contributed by atoms with E-state index in [1.54, 1.807) is 48.5 Å². The Labute approximate surface area is 183 Å². The SMILES string of the molecule is O=C(CC1(O)C(=O)N(Cc2ccccc2)c2ccccc21)c1cc2ccccc2oc1=O. The van der Waals surface area contributed by atoms with Crippen molar-refractivity contribution in [1.29, 1.82) is 0 Å². The van der Waals surface area contributed by atoms with Crippen LogP contribution in [0, 0.1) is 0 Å². The predicted octanol–water partition coefficient (Wildman–Crippen LogP) is 3.80. The zero-order chi connectivity index (χ0) is 22.3. The fourth-order valence-electron chi connectivity index (χ4n) is 4.18. The standard InChI is InChI=1S/C26H19NO5/c28-22(19-14-18-10-4-7-13-23(18)32-24(19)29)15-26(31)20-11-5-6-12-21(20)27(25(26)30)16-17-8-2-1-3-9-17/h1-14,31H,15-16H2. The number of hydrogen-bond acceptors (Lipinski definition) is 5. The lowest BCUT2D eigenvalue weighted by Crippen LogP contribution is -2.42. The summed E-state index contributed by atoms with van der Waals surface area (Å²) in [5.41, 5.74) is -0.909. The summed E-state index contributed by atoms with van der Waals surface area (Å²) in [7, 11) is 0. The maximum absolute atomic E-state index is 13.4. The van der Waals surface area contributed by atoms with Crippen molar-refractivity contribution in [2.45, 2.75) is 18.6 Å². The molecule has 0 fully saturated rings. The van der Waals surface area contributed by atoms with E-state index in [1.807, 2.05) is 30.3 Å². The maximum Gasteiger partial charge on any atom is 0.347 e. The molecule has 1 atom stereocenters. The van der Waals surface area contributed by atoms with Crippen LogP contribution in [0.2, 0.25) is 0 Å². The van der Waals surface area contributed by atoms with E-state index in [0.717, 1.165) is 5.56 Å². The summed E-state index contributed by atoms with van der Waals surface area (Å²) in [6.45, 7) is 0.255. The van der Waals surface area contributed by atoms with E-state index in [-0.39, 0.29) is 12.1 Å². The van der Waals surface area contributed by atoms with Gasteiger partial charge in [-0.05, 0) is 23.8 Å². The number of para-hydroxylation sites is 2. The largest absolute Gasteiger partial charge is 0.422 e. The van der Waals surface area contributed by atoms with Gasteiger partial charge in [-0.2, -0.15) is 0 Å². The molecule has 0 saturated carbocycles. The first-order valence-corrected chi connectivity index (χ1v) is 10.2. The molecule has 0 bridgehead atoms. The molecular formula is C26H19NO5. The van der Waals surface area contributed by atoms with Gasteiger partial charge >= 0.3 is 5.63 Å². The molecule has 0 saturated heterocycles. The number of hydrogen-bond donors (Lipinski definition) is 1. The molecule has 4 aromatic rings. The van der Waals surface area contributed by atoms with Gasteiger partial charge in [0.2, 0.25) is 0 Å². The van der Waals surface area contributed by atoms with Crippen LogP contribution in [-0.4, -0.2) is 16.8 Å². The average molecular weight is 425 g/mol. The van der Waals surface area contributed by atoms with E-state index in [1.165, 1.54) is 11.0 Å². The number of nitrogens with zero attached hydrogens (tertiary/aromatic N) is 1. The van der Waals surface area contributed by atoms with Gasteiger partial charge in [-0.15, -0.1) is 0 Å². The number of Topliss-reactive ketones (excluding diaryl/α,β-unsaturated/α-hetero) is 1. The molecule has 1 amide bonds. The third-order valence-electron chi connectivity index (χ3n) is 5.78. The Balaban J connectivity index is 1.52. The molecule has 0 aliphatic carbocycles. The lowest BCUT2D eigenvalue weighted by atomic mass is 9.88. The second kappa shape index (κ2) is 7.59. The maximum atomic E-state index is 13.4. The Morgan fingerprint density at radius 1 is 0.906 bits per heavy atom. The first-order valence-electron chi connectivity index (χ1n) is 10.2. The van der Waals surface area contributed by atoms with Crippen molar-refractivity contribution in [3.8, 4) is 0 Å². The quantitative estimate of drug-likeness (QED) is 0.388. The Morgan fingerprint density at radius 3 is 2.41 bits per heavy atom. The van der Waals surface area contributed by atoms with Crippen molar-refractivity contribution in [3.63, 3.8) is 0 Å². The highest BCUT2D eigenvalue weighted by atomic mass is 16.4. The van der Waals surface area contributed by atoms with Crippen LogP contribution in [0.3, 0.4) is 0 Å². The molecule has 5 rings (SSSR count). The van der Waals surface area contributed by atoms with Crippen molar-refractivity contribution >= 4 is 28.3 Å². The lowest BCUT2D eigenvalue weighted by molar-refractivity contribution is -0.136. The zero-order valence-corrected chi connectivity index (χ0v) is 17.0. The van der Waals surface area contributed by atoms with E-state index in [9.17, 15) is 19.5 Å². The van der Waals surface area contributed by atoms with Gasteiger partial charge in [0.1, 0.15) is 11.1 Å². The second-order valence-electron chi connectivity index (χ2n) is 7.84. The predicted molar refractivity (Wildman–Crippen MR) is 119 cm³/mol. The van der Waals surface area contributed by atoms with Crippen LogP contribution >= 0.6 is 0 Å². The first-order chi connectivity index (χ1) is 15.5. The van der Waals surface area contributed by atoms with Crippen LogP contribution < -0.4 is 10.5 Å². The number of anilines is 1. The molecular weight excluding hydrogens is 406 g/mol. The van der Waals surface area contributed by atoms with E-state index in [0.29, 0.717) is 22.2 Å². The summed E-state index contributed by atoms with van der Waals surface area (Å²) < 4.78 is 5.25. The summed E-state index contributed by atoms with van der Waals surface area (Å²) in [4.78, 5) is 40.4. The van der Waals surface area contributed by atoms with E-state index in [2.05, 4.69) is 0 Å². The number of amides is 1. The van der Waals surface area contributed by atoms with Crippen LogP contribution in [0.1, 0.15) is 27.9 Å². The van der Waals surface area contributed by atoms with Gasteiger partial charge in [0.25, 0.3) is 5.91 Å². The number of carbonyl (C=O) groups is 2. The Hall–Kier alpha value is -4.03. The van der Waals surface area contributed by atoms with Gasteiger partial charge in [0, 0.05) is 10.9 Å². The summed E-state index contributed by atoms with van der Waals surface area (Å²) >= 11 is 0. The Kier molecular flexibility index (Phi) is 4.72. The van der Waals surface area contributed by atoms with Crippen LogP contribution in [0.25, 0.3) is 11.0 Å². The van der Waals surface area contributed by atoms with Crippen molar-refractivity contribution in [1.82, 2.24) is 0 Å². The number of rotatable bonds is 5. The number of aliphatic hydroxyl groups is 1. The van der Waals surface area contributed by atoms with Crippen molar-refractivity contribution in [2.24, 2.45) is 0 Å². The number of carbonyl (C=O) groups excluding carboxylic acids is 2. The minimum absolute atomic E-state index is 0.191. The topological polar surface area (TPSA) is 87.8 Å². The molecule has 6 nitrogen and oxygen atoms in total. The van der Waals surface area contributed by atoms with E-state index >= 15 is 0 Å². The Morgan fingerprint density at radius 2 is 1.59 bits per heavy atom. The molecule has 1 aliphatic heterocycles. The smallest absolute Gasteiger partial charge is 0.347 e. The molecule has 6 heteroatoms. The molecule has 1 N–H and O–H groups in total. The summed E-state index contributed by atoms with van der Waals surface area (Å²) in [6, 6.07) is 24.5. The van der Waals surface area contributed by atoms with Gasteiger partial charge in [-0.25, -0.2) is 4.79 Å². The molecule has 32 heavy (non-hydrogen) atoms. The van der Waals surface area contributed by atoms with Gasteiger partial charge in [-0.1, -0.05) is 66.7 Å². The minimum Gasteiger partial charge on any atom is -0.422 e. The van der Waals surface area contributed by atoms with Crippen LogP contribution in [0.15, 0.2) is 94.1 Å². The third kappa shape index (κ3) is 3.21. The molecule has 0 radical (unpaired) electrons. The number of benzene rings is 3. The minimum atomic E-state index is -2.07. The average Bonchev–Trinajstić information content (AvgIpc) is 3.01. The number of fused-ring (bicyclic) bond motifs is 2. The van der Waals surface area contributed by atoms with Crippen LogP contribution in [0.5, 0.6) is 0 Å². The van der Waals surface area contributed by atoms with Crippen LogP contribution in [-0.2, 0) is 16.9 Å². The van der Waals surface area contributed by atoms with E-state index < -0.39 is 29.3 Å². The fourth-order valence-corrected chi connectivity index (χ4v) is 4.18. The molecule has 0 spiro atoms. The monoisotopic (exact) mass is 425 g/mol. The molecule has 2 heterocycles. The second-order valence-corrected chi connectivity index (χ2v) is 7.84. The highest BCUT2D eigenvalue weighted by Crippen LogP contribution is 2.43. The highest BCUT2D eigenvalue weighted by molar-refractivity contribution is 6.11. The van der Waals surface area contributed by atoms with Crippen molar-refractivity contribution in [3.05, 3.63) is 112 Å². The number of ketones is 1. The van der Waals surface area contributed by atoms with Gasteiger partial charge < -0.3 is 14.4 Å². The van der Waals surface area contributed by atoms with Crippen LogP contribution in [0.4, 0.5) is 5.69 Å². The molecule has 158 valence electrons. The third-order valence-corrected chi connectivity index (χ3v) is 5.78. The van der Waals surface area contributed by atoms with Gasteiger partial charge in [0.15, 0.2) is 11.4 Å². The van der Waals surface area contributed by atoms with Crippen molar-refractivity contribution < 1.29 is 19.1 Å². The van der Waals surface area contributed by atoms with Gasteiger partial charge in [0.05, 0.1) is 18.7 Å². The van der Waals surface area contributed by atoms with Gasteiger partial charge in [-0.3, -0.25) is 9.59 Å². The fraction of sp³-hybridized carbons (Fsp3) is 0.115. The summed E-state index contributed by atoms with van der Waals surface area (Å²) in [5, 5.41) is 12.0. The Bertz CT molecular complexity index is 1410.